The van der Waals surface area contributed by atoms with Crippen LogP contribution in [0.25, 0.3) is 6.08 Å². The molecule has 31 heavy (non-hydrogen) atoms. The normalized spacial score (nSPS) is 16.7. The largest absolute Gasteiger partial charge is 0.378 e. The van der Waals surface area contributed by atoms with Gasteiger partial charge in [0.15, 0.2) is 0 Å². The Hall–Kier alpha value is -3.45. The number of para-hydroxylation sites is 1. The number of nitrogens with zero attached hydrogens (tertiary/aromatic N) is 2. The van der Waals surface area contributed by atoms with Crippen molar-refractivity contribution in [3.8, 4) is 0 Å². The van der Waals surface area contributed by atoms with Crippen LogP contribution in [0.3, 0.4) is 0 Å². The number of benzene rings is 2. The maximum Gasteiger partial charge on any atom is 0.256 e. The summed E-state index contributed by atoms with van der Waals surface area (Å²) in [5.41, 5.74) is 2.67. The second-order valence-corrected chi connectivity index (χ2v) is 7.51. The molecule has 7 nitrogen and oxygen atoms in total. The maximum atomic E-state index is 12.8. The van der Waals surface area contributed by atoms with Gasteiger partial charge in [0.2, 0.25) is 11.8 Å². The van der Waals surface area contributed by atoms with E-state index in [9.17, 15) is 14.4 Å². The van der Waals surface area contributed by atoms with E-state index in [-0.39, 0.29) is 17.7 Å². The van der Waals surface area contributed by atoms with Crippen LogP contribution in [0.4, 0.5) is 11.4 Å². The molecule has 2 aromatic carbocycles. The molecule has 0 saturated carbocycles. The van der Waals surface area contributed by atoms with Crippen LogP contribution >= 0.6 is 0 Å². The molecule has 7 heteroatoms. The highest BCUT2D eigenvalue weighted by atomic mass is 16.5. The van der Waals surface area contributed by atoms with Crippen LogP contribution in [0.1, 0.15) is 28.8 Å². The first kappa shape index (κ1) is 20.8. The summed E-state index contributed by atoms with van der Waals surface area (Å²) in [6.07, 6.45) is 4.62. The standard InChI is InChI=1S/C24H25N3O4/c28-22(12-9-18-7-10-19(11-8-18)27-13-3-6-23(27)29)25-21-5-2-1-4-20(21)24(30)26-14-16-31-17-15-26/h1-2,4-5,7-12H,3,6,13-17H2,(H,25,28). The van der Waals surface area contributed by atoms with E-state index < -0.39 is 0 Å². The monoisotopic (exact) mass is 419 g/mol. The molecule has 2 fully saturated rings. The second kappa shape index (κ2) is 9.57. The van der Waals surface area contributed by atoms with Crippen LogP contribution < -0.4 is 10.2 Å². The van der Waals surface area contributed by atoms with E-state index in [4.69, 9.17) is 4.74 Å². The van der Waals surface area contributed by atoms with Crippen molar-refractivity contribution < 1.29 is 19.1 Å². The van der Waals surface area contributed by atoms with Gasteiger partial charge in [0.05, 0.1) is 24.5 Å². The summed E-state index contributed by atoms with van der Waals surface area (Å²) < 4.78 is 5.30. The van der Waals surface area contributed by atoms with Crippen LogP contribution in [0.15, 0.2) is 54.6 Å². The summed E-state index contributed by atoms with van der Waals surface area (Å²) in [4.78, 5) is 40.6. The molecule has 3 amide bonds. The highest BCUT2D eigenvalue weighted by Crippen LogP contribution is 2.22. The minimum atomic E-state index is -0.318. The number of ether oxygens (including phenoxy) is 1. The Balaban J connectivity index is 1.40. The predicted molar refractivity (Wildman–Crippen MR) is 119 cm³/mol. The van der Waals surface area contributed by atoms with Gasteiger partial charge in [-0.1, -0.05) is 24.3 Å². The van der Waals surface area contributed by atoms with Crippen molar-refractivity contribution in [2.75, 3.05) is 43.1 Å². The molecule has 1 N–H and O–H groups in total. The van der Waals surface area contributed by atoms with E-state index in [0.717, 1.165) is 24.2 Å². The number of carbonyl (C=O) groups excluding carboxylic acids is 3. The Kier molecular flexibility index (Phi) is 6.43. The molecule has 2 heterocycles. The summed E-state index contributed by atoms with van der Waals surface area (Å²) in [7, 11) is 0. The third kappa shape index (κ3) is 5.00. The lowest BCUT2D eigenvalue weighted by Crippen LogP contribution is -2.41. The van der Waals surface area contributed by atoms with Crippen molar-refractivity contribution in [3.05, 3.63) is 65.7 Å². The Morgan fingerprint density at radius 3 is 2.42 bits per heavy atom. The Labute approximate surface area is 181 Å². The first-order chi connectivity index (χ1) is 15.1. The minimum absolute atomic E-state index is 0.116. The average Bonchev–Trinajstić information content (AvgIpc) is 3.24. The molecule has 2 saturated heterocycles. The lowest BCUT2D eigenvalue weighted by atomic mass is 10.1. The number of amides is 3. The molecule has 160 valence electrons. The Morgan fingerprint density at radius 1 is 0.968 bits per heavy atom. The maximum absolute atomic E-state index is 12.8. The number of morpholine rings is 1. The molecule has 0 aliphatic carbocycles. The Morgan fingerprint density at radius 2 is 1.71 bits per heavy atom. The summed E-state index contributed by atoms with van der Waals surface area (Å²) in [6, 6.07) is 14.5. The smallest absolute Gasteiger partial charge is 0.256 e. The van der Waals surface area contributed by atoms with Gasteiger partial charge in [-0.05, 0) is 42.3 Å². The summed E-state index contributed by atoms with van der Waals surface area (Å²) in [5.74, 6) is -0.288. The van der Waals surface area contributed by atoms with Gasteiger partial charge >= 0.3 is 0 Å². The average molecular weight is 419 g/mol. The molecule has 0 spiro atoms. The van der Waals surface area contributed by atoms with Gasteiger partial charge in [0.25, 0.3) is 5.91 Å². The summed E-state index contributed by atoms with van der Waals surface area (Å²) >= 11 is 0. The summed E-state index contributed by atoms with van der Waals surface area (Å²) in [6.45, 7) is 2.88. The fourth-order valence-electron chi connectivity index (χ4n) is 3.75. The van der Waals surface area contributed by atoms with Crippen molar-refractivity contribution in [1.29, 1.82) is 0 Å². The topological polar surface area (TPSA) is 79.0 Å². The SMILES string of the molecule is O=C(C=Cc1ccc(N2CCCC2=O)cc1)Nc1ccccc1C(=O)N1CCOCC1. The number of hydrogen-bond donors (Lipinski definition) is 1. The van der Waals surface area contributed by atoms with Gasteiger partial charge in [-0.25, -0.2) is 0 Å². The van der Waals surface area contributed by atoms with Crippen molar-refractivity contribution >= 4 is 35.2 Å². The Bertz CT molecular complexity index is 994. The number of carbonyl (C=O) groups is 3. The number of hydrogen-bond acceptors (Lipinski definition) is 4. The van der Waals surface area contributed by atoms with E-state index in [0.29, 0.717) is 44.0 Å². The molecule has 0 aromatic heterocycles. The number of nitrogens with one attached hydrogen (secondary N) is 1. The second-order valence-electron chi connectivity index (χ2n) is 7.51. The van der Waals surface area contributed by atoms with Crippen LogP contribution in [0.5, 0.6) is 0 Å². The third-order valence-corrected chi connectivity index (χ3v) is 5.42. The van der Waals surface area contributed by atoms with Crippen LogP contribution in [0.2, 0.25) is 0 Å². The molecule has 2 aliphatic heterocycles. The van der Waals surface area contributed by atoms with Crippen LogP contribution in [-0.4, -0.2) is 55.5 Å². The quantitative estimate of drug-likeness (QED) is 0.756. The van der Waals surface area contributed by atoms with Gasteiger partial charge in [-0.3, -0.25) is 14.4 Å². The molecule has 0 radical (unpaired) electrons. The highest BCUT2D eigenvalue weighted by Gasteiger charge is 2.22. The van der Waals surface area contributed by atoms with Gasteiger partial charge in [0.1, 0.15) is 0 Å². The van der Waals surface area contributed by atoms with Crippen LogP contribution in [0, 0.1) is 0 Å². The predicted octanol–water partition coefficient (Wildman–Crippen LogP) is 2.94. The number of anilines is 2. The van der Waals surface area contributed by atoms with E-state index in [1.165, 1.54) is 6.08 Å². The molecule has 0 atom stereocenters. The molecule has 2 aliphatic rings. The molecular formula is C24H25N3O4. The van der Waals surface area contributed by atoms with E-state index in [1.807, 2.05) is 24.3 Å². The lowest BCUT2D eigenvalue weighted by Gasteiger charge is -2.27. The van der Waals surface area contributed by atoms with E-state index in [2.05, 4.69) is 5.32 Å². The van der Waals surface area contributed by atoms with Crippen LogP contribution in [-0.2, 0) is 14.3 Å². The molecule has 0 bridgehead atoms. The molecular weight excluding hydrogens is 394 g/mol. The van der Waals surface area contributed by atoms with Gasteiger partial charge in [-0.15, -0.1) is 0 Å². The first-order valence-electron chi connectivity index (χ1n) is 10.5. The molecule has 0 unspecified atom stereocenters. The van der Waals surface area contributed by atoms with Crippen molar-refractivity contribution in [1.82, 2.24) is 4.90 Å². The summed E-state index contributed by atoms with van der Waals surface area (Å²) in [5, 5.41) is 2.81. The zero-order chi connectivity index (χ0) is 21.6. The fraction of sp³-hybridized carbons (Fsp3) is 0.292. The zero-order valence-corrected chi connectivity index (χ0v) is 17.3. The number of rotatable bonds is 5. The third-order valence-electron chi connectivity index (χ3n) is 5.42. The lowest BCUT2D eigenvalue weighted by molar-refractivity contribution is -0.117. The molecule has 4 rings (SSSR count). The van der Waals surface area contributed by atoms with E-state index in [1.54, 1.807) is 40.1 Å². The first-order valence-corrected chi connectivity index (χ1v) is 10.5. The highest BCUT2D eigenvalue weighted by molar-refractivity contribution is 6.07. The van der Waals surface area contributed by atoms with Crippen molar-refractivity contribution in [2.24, 2.45) is 0 Å². The fourth-order valence-corrected chi connectivity index (χ4v) is 3.75. The van der Waals surface area contributed by atoms with Crippen molar-refractivity contribution in [3.63, 3.8) is 0 Å². The van der Waals surface area contributed by atoms with Crippen molar-refractivity contribution in [2.45, 2.75) is 12.8 Å². The zero-order valence-electron chi connectivity index (χ0n) is 17.3. The van der Waals surface area contributed by atoms with E-state index >= 15 is 0 Å². The van der Waals surface area contributed by atoms with Gasteiger partial charge in [0, 0.05) is 37.8 Å². The van der Waals surface area contributed by atoms with Gasteiger partial charge in [-0.2, -0.15) is 0 Å². The molecule has 2 aromatic rings. The van der Waals surface area contributed by atoms with Gasteiger partial charge < -0.3 is 19.9 Å². The minimum Gasteiger partial charge on any atom is -0.378 e.